The number of hydrogen-bond donors (Lipinski definition) is 0. The summed E-state index contributed by atoms with van der Waals surface area (Å²) in [6.07, 6.45) is 14.1. The van der Waals surface area contributed by atoms with Gasteiger partial charge in [-0.05, 0) is 43.5 Å². The minimum absolute atomic E-state index is 0.414. The van der Waals surface area contributed by atoms with Crippen LogP contribution < -0.4 is 0 Å². The van der Waals surface area contributed by atoms with Gasteiger partial charge >= 0.3 is 0 Å². The maximum Gasteiger partial charge on any atom is 0.133 e. The van der Waals surface area contributed by atoms with Gasteiger partial charge < -0.3 is 4.74 Å². The van der Waals surface area contributed by atoms with Crippen molar-refractivity contribution < 1.29 is 4.74 Å². The molecule has 0 radical (unpaired) electrons. The molecular weight excluding hydrogens is 390 g/mol. The van der Waals surface area contributed by atoms with Crippen LogP contribution in [0.1, 0.15) is 37.2 Å². The van der Waals surface area contributed by atoms with Crippen molar-refractivity contribution in [3.63, 3.8) is 0 Å². The van der Waals surface area contributed by atoms with E-state index >= 15 is 0 Å². The fraction of sp³-hybridized carbons (Fsp3) is 0.348. The lowest BCUT2D eigenvalue weighted by Crippen LogP contribution is -2.19. The Morgan fingerprint density at radius 1 is 1.10 bits per heavy atom. The van der Waals surface area contributed by atoms with E-state index in [0.717, 1.165) is 66.5 Å². The van der Waals surface area contributed by atoms with Crippen LogP contribution in [0.4, 0.5) is 0 Å². The van der Waals surface area contributed by atoms with Gasteiger partial charge in [0.1, 0.15) is 11.5 Å². The predicted molar refractivity (Wildman–Crippen MR) is 116 cm³/mol. The fourth-order valence-corrected chi connectivity index (χ4v) is 3.92. The molecule has 4 aromatic heterocycles. The second-order valence-corrected chi connectivity index (χ2v) is 7.70. The standard InChI is InChI=1S/C23H25N7O/c1-2-29-16-20(23(28-29)18-4-3-8-24-14-18)21-5-9-25-22(27-21)12-17-13-26-30(15-17)19-6-10-31-11-7-19/h3-5,8-9,13-16,19H,2,6-7,10-12H2,1H3. The molecule has 5 heterocycles. The Bertz CT molecular complexity index is 1150. The molecule has 1 aliphatic heterocycles. The van der Waals surface area contributed by atoms with Crippen LogP contribution in [0.3, 0.4) is 0 Å². The molecule has 0 bridgehead atoms. The van der Waals surface area contributed by atoms with Crippen LogP contribution in [0, 0.1) is 0 Å². The normalized spacial score (nSPS) is 14.7. The van der Waals surface area contributed by atoms with Gasteiger partial charge in [0.15, 0.2) is 0 Å². The van der Waals surface area contributed by atoms with E-state index in [0.29, 0.717) is 12.5 Å². The lowest BCUT2D eigenvalue weighted by Gasteiger charge is -2.22. The molecule has 1 fully saturated rings. The third kappa shape index (κ3) is 4.25. The third-order valence-electron chi connectivity index (χ3n) is 5.58. The Labute approximate surface area is 181 Å². The number of hydrogen-bond acceptors (Lipinski definition) is 6. The molecule has 5 rings (SSSR count). The van der Waals surface area contributed by atoms with E-state index in [4.69, 9.17) is 14.8 Å². The van der Waals surface area contributed by atoms with E-state index in [2.05, 4.69) is 32.9 Å². The Hall–Kier alpha value is -3.39. The topological polar surface area (TPSA) is 83.5 Å². The average molecular weight is 416 g/mol. The van der Waals surface area contributed by atoms with Crippen molar-refractivity contribution in [2.75, 3.05) is 13.2 Å². The highest BCUT2D eigenvalue weighted by atomic mass is 16.5. The van der Waals surface area contributed by atoms with Crippen molar-refractivity contribution in [2.45, 2.75) is 38.8 Å². The first kappa shape index (κ1) is 19.6. The van der Waals surface area contributed by atoms with Gasteiger partial charge in [-0.15, -0.1) is 0 Å². The smallest absolute Gasteiger partial charge is 0.133 e. The summed E-state index contributed by atoms with van der Waals surface area (Å²) in [6.45, 7) is 4.47. The van der Waals surface area contributed by atoms with Crippen LogP contribution in [0.5, 0.6) is 0 Å². The Balaban J connectivity index is 1.41. The number of rotatable bonds is 6. The lowest BCUT2D eigenvalue weighted by molar-refractivity contribution is 0.0662. The summed E-state index contributed by atoms with van der Waals surface area (Å²) in [4.78, 5) is 13.6. The molecule has 1 saturated heterocycles. The first-order valence-corrected chi connectivity index (χ1v) is 10.7. The van der Waals surface area contributed by atoms with Crippen LogP contribution in [0.15, 0.2) is 55.4 Å². The molecule has 0 saturated carbocycles. The highest BCUT2D eigenvalue weighted by Crippen LogP contribution is 2.29. The molecule has 8 nitrogen and oxygen atoms in total. The Morgan fingerprint density at radius 2 is 2.00 bits per heavy atom. The summed E-state index contributed by atoms with van der Waals surface area (Å²) < 4.78 is 9.45. The SMILES string of the molecule is CCn1cc(-c2ccnc(Cc3cnn(C4CCOCC4)c3)n2)c(-c2cccnc2)n1. The van der Waals surface area contributed by atoms with Crippen LogP contribution in [0.25, 0.3) is 22.5 Å². The van der Waals surface area contributed by atoms with E-state index in [1.807, 2.05) is 47.7 Å². The van der Waals surface area contributed by atoms with E-state index < -0.39 is 0 Å². The lowest BCUT2D eigenvalue weighted by atomic mass is 10.1. The van der Waals surface area contributed by atoms with E-state index in [9.17, 15) is 0 Å². The van der Waals surface area contributed by atoms with Gasteiger partial charge in [0.25, 0.3) is 0 Å². The molecule has 31 heavy (non-hydrogen) atoms. The number of aryl methyl sites for hydroxylation is 1. The largest absolute Gasteiger partial charge is 0.381 e. The monoisotopic (exact) mass is 415 g/mol. The van der Waals surface area contributed by atoms with Gasteiger partial charge in [-0.2, -0.15) is 10.2 Å². The molecule has 0 aromatic carbocycles. The van der Waals surface area contributed by atoms with E-state index in [1.165, 1.54) is 0 Å². The molecule has 1 aliphatic rings. The summed E-state index contributed by atoms with van der Waals surface area (Å²) in [5, 5.41) is 9.31. The second kappa shape index (κ2) is 8.77. The average Bonchev–Trinajstić information content (AvgIpc) is 3.48. The first-order valence-electron chi connectivity index (χ1n) is 10.7. The number of pyridine rings is 1. The van der Waals surface area contributed by atoms with Crippen LogP contribution in [-0.2, 0) is 17.7 Å². The zero-order valence-corrected chi connectivity index (χ0v) is 17.6. The van der Waals surface area contributed by atoms with Gasteiger partial charge in [0.2, 0.25) is 0 Å². The van der Waals surface area contributed by atoms with Crippen molar-refractivity contribution in [1.29, 1.82) is 0 Å². The minimum Gasteiger partial charge on any atom is -0.381 e. The first-order chi connectivity index (χ1) is 15.3. The second-order valence-electron chi connectivity index (χ2n) is 7.70. The molecule has 0 N–H and O–H groups in total. The molecule has 0 aliphatic carbocycles. The quantitative estimate of drug-likeness (QED) is 0.479. The van der Waals surface area contributed by atoms with Gasteiger partial charge in [-0.1, -0.05) is 0 Å². The zero-order chi connectivity index (χ0) is 21.0. The van der Waals surface area contributed by atoms with Crippen molar-refractivity contribution in [3.05, 3.63) is 66.8 Å². The van der Waals surface area contributed by atoms with Gasteiger partial charge in [-0.3, -0.25) is 14.3 Å². The molecule has 0 atom stereocenters. The number of aromatic nitrogens is 7. The number of nitrogens with zero attached hydrogens (tertiary/aromatic N) is 7. The molecule has 8 heteroatoms. The van der Waals surface area contributed by atoms with Crippen molar-refractivity contribution in [3.8, 4) is 22.5 Å². The summed E-state index contributed by atoms with van der Waals surface area (Å²) in [6, 6.07) is 6.29. The molecular formula is C23H25N7O. The number of ether oxygens (including phenoxy) is 1. The molecule has 4 aromatic rings. The van der Waals surface area contributed by atoms with Crippen molar-refractivity contribution in [1.82, 2.24) is 34.5 Å². The van der Waals surface area contributed by atoms with Gasteiger partial charge in [0.05, 0.1) is 17.9 Å². The minimum atomic E-state index is 0.414. The van der Waals surface area contributed by atoms with Crippen molar-refractivity contribution in [2.24, 2.45) is 0 Å². The molecule has 0 unspecified atom stereocenters. The zero-order valence-electron chi connectivity index (χ0n) is 17.6. The van der Waals surface area contributed by atoms with Crippen molar-refractivity contribution >= 4 is 0 Å². The van der Waals surface area contributed by atoms with Crippen LogP contribution in [-0.4, -0.2) is 47.7 Å². The van der Waals surface area contributed by atoms with E-state index in [-0.39, 0.29) is 0 Å². The summed E-state index contributed by atoms with van der Waals surface area (Å²) in [5.41, 5.74) is 4.81. The Morgan fingerprint density at radius 3 is 2.81 bits per heavy atom. The highest BCUT2D eigenvalue weighted by Gasteiger charge is 2.18. The van der Waals surface area contributed by atoms with Gasteiger partial charge in [-0.25, -0.2) is 9.97 Å². The Kier molecular flexibility index (Phi) is 5.54. The van der Waals surface area contributed by atoms with Gasteiger partial charge in [0, 0.05) is 68.3 Å². The summed E-state index contributed by atoms with van der Waals surface area (Å²) in [5.74, 6) is 0.769. The molecule has 0 amide bonds. The highest BCUT2D eigenvalue weighted by molar-refractivity contribution is 5.78. The summed E-state index contributed by atoms with van der Waals surface area (Å²) in [7, 11) is 0. The van der Waals surface area contributed by atoms with E-state index in [1.54, 1.807) is 6.20 Å². The summed E-state index contributed by atoms with van der Waals surface area (Å²) >= 11 is 0. The molecule has 158 valence electrons. The maximum absolute atomic E-state index is 5.46. The van der Waals surface area contributed by atoms with Crippen LogP contribution >= 0.6 is 0 Å². The predicted octanol–water partition coefficient (Wildman–Crippen LogP) is 3.56. The third-order valence-corrected chi connectivity index (χ3v) is 5.58. The maximum atomic E-state index is 5.46. The fourth-order valence-electron chi connectivity index (χ4n) is 3.92. The molecule has 0 spiro atoms. The van der Waals surface area contributed by atoms with Crippen LogP contribution in [0.2, 0.25) is 0 Å².